The molecule has 2 aromatic carbocycles. The van der Waals surface area contributed by atoms with Crippen molar-refractivity contribution < 1.29 is 13.7 Å². The highest BCUT2D eigenvalue weighted by Gasteiger charge is 2.19. The average Bonchev–Trinajstić information content (AvgIpc) is 3.36. The minimum atomic E-state index is -0.361. The van der Waals surface area contributed by atoms with Crippen LogP contribution in [-0.4, -0.2) is 36.6 Å². The van der Waals surface area contributed by atoms with Gasteiger partial charge >= 0.3 is 0 Å². The number of nitrogens with one attached hydrogen (secondary N) is 1. The zero-order chi connectivity index (χ0) is 20.2. The maximum atomic E-state index is 12.9. The molecular formula is C19H15FN6O2S. The number of amides is 1. The molecule has 10 heteroatoms. The molecule has 2 heterocycles. The second kappa shape index (κ2) is 8.23. The van der Waals surface area contributed by atoms with Gasteiger partial charge in [0.25, 0.3) is 5.89 Å². The predicted octanol–water partition coefficient (Wildman–Crippen LogP) is 3.40. The van der Waals surface area contributed by atoms with E-state index in [9.17, 15) is 9.18 Å². The van der Waals surface area contributed by atoms with Crippen molar-refractivity contribution >= 4 is 23.4 Å². The Morgan fingerprint density at radius 3 is 2.66 bits per heavy atom. The van der Waals surface area contributed by atoms with Crippen LogP contribution in [0.3, 0.4) is 0 Å². The SMILES string of the molecule is Cn1c(SCC(=O)Nc2ccc(F)cc2)nnc1-c1nc(-c2ccccc2)no1. The summed E-state index contributed by atoms with van der Waals surface area (Å²) in [5.74, 6) is 0.609. The van der Waals surface area contributed by atoms with Crippen molar-refractivity contribution in [2.45, 2.75) is 5.16 Å². The number of benzene rings is 2. The molecule has 4 rings (SSSR count). The third-order valence-electron chi connectivity index (χ3n) is 3.94. The first-order valence-electron chi connectivity index (χ1n) is 8.57. The highest BCUT2D eigenvalue weighted by Crippen LogP contribution is 2.24. The largest absolute Gasteiger partial charge is 0.330 e. The molecule has 0 aliphatic carbocycles. The summed E-state index contributed by atoms with van der Waals surface area (Å²) in [6.07, 6.45) is 0. The molecule has 0 saturated heterocycles. The Labute approximate surface area is 169 Å². The maximum Gasteiger partial charge on any atom is 0.296 e. The van der Waals surface area contributed by atoms with Gasteiger partial charge in [0.2, 0.25) is 17.6 Å². The summed E-state index contributed by atoms with van der Waals surface area (Å²) in [5, 5.41) is 15.4. The number of carbonyl (C=O) groups excluding carboxylic acids is 1. The van der Waals surface area contributed by atoms with Crippen molar-refractivity contribution in [1.29, 1.82) is 0 Å². The van der Waals surface area contributed by atoms with E-state index in [2.05, 4.69) is 25.7 Å². The molecule has 0 saturated carbocycles. The zero-order valence-corrected chi connectivity index (χ0v) is 16.1. The summed E-state index contributed by atoms with van der Waals surface area (Å²) in [6, 6.07) is 15.0. The second-order valence-electron chi connectivity index (χ2n) is 6.00. The van der Waals surface area contributed by atoms with Crippen LogP contribution in [0.15, 0.2) is 64.3 Å². The standard InChI is InChI=1S/C19H15FN6O2S/c1-26-17(18-22-16(25-28-18)12-5-3-2-4-6-12)23-24-19(26)29-11-15(27)21-14-9-7-13(20)8-10-14/h2-10H,11H2,1H3,(H,21,27). The van der Waals surface area contributed by atoms with Gasteiger partial charge < -0.3 is 14.4 Å². The Hall–Kier alpha value is -3.53. The number of thioether (sulfide) groups is 1. The zero-order valence-electron chi connectivity index (χ0n) is 15.2. The van der Waals surface area contributed by atoms with Crippen molar-refractivity contribution in [3.63, 3.8) is 0 Å². The number of nitrogens with zero attached hydrogens (tertiary/aromatic N) is 5. The Kier molecular flexibility index (Phi) is 5.34. The topological polar surface area (TPSA) is 98.7 Å². The molecule has 0 spiro atoms. The minimum absolute atomic E-state index is 0.114. The van der Waals surface area contributed by atoms with Crippen molar-refractivity contribution in [2.24, 2.45) is 7.05 Å². The summed E-state index contributed by atoms with van der Waals surface area (Å²) >= 11 is 1.21. The van der Waals surface area contributed by atoms with Gasteiger partial charge in [0.15, 0.2) is 5.16 Å². The summed E-state index contributed by atoms with van der Waals surface area (Å²) in [4.78, 5) is 16.5. The first kappa shape index (κ1) is 18.8. The van der Waals surface area contributed by atoms with Crippen molar-refractivity contribution in [1.82, 2.24) is 24.9 Å². The van der Waals surface area contributed by atoms with Crippen LogP contribution in [0.4, 0.5) is 10.1 Å². The Morgan fingerprint density at radius 2 is 1.90 bits per heavy atom. The van der Waals surface area contributed by atoms with E-state index in [0.29, 0.717) is 22.5 Å². The molecule has 0 bridgehead atoms. The van der Waals surface area contributed by atoms with Crippen LogP contribution in [-0.2, 0) is 11.8 Å². The third kappa shape index (κ3) is 4.32. The maximum absolute atomic E-state index is 12.9. The van der Waals surface area contributed by atoms with E-state index >= 15 is 0 Å². The highest BCUT2D eigenvalue weighted by atomic mass is 32.2. The number of carbonyl (C=O) groups is 1. The van der Waals surface area contributed by atoms with Gasteiger partial charge in [-0.3, -0.25) is 4.79 Å². The number of hydrogen-bond acceptors (Lipinski definition) is 7. The van der Waals surface area contributed by atoms with E-state index < -0.39 is 0 Å². The van der Waals surface area contributed by atoms with Crippen LogP contribution in [0.1, 0.15) is 0 Å². The lowest BCUT2D eigenvalue weighted by atomic mass is 10.2. The van der Waals surface area contributed by atoms with Crippen LogP contribution >= 0.6 is 11.8 Å². The molecule has 146 valence electrons. The molecule has 0 unspecified atom stereocenters. The van der Waals surface area contributed by atoms with Gasteiger partial charge in [-0.2, -0.15) is 4.98 Å². The van der Waals surface area contributed by atoms with Gasteiger partial charge in [-0.1, -0.05) is 47.3 Å². The monoisotopic (exact) mass is 410 g/mol. The molecule has 0 radical (unpaired) electrons. The van der Waals surface area contributed by atoms with E-state index in [4.69, 9.17) is 4.52 Å². The van der Waals surface area contributed by atoms with Gasteiger partial charge in [0.1, 0.15) is 5.82 Å². The van der Waals surface area contributed by atoms with E-state index in [1.54, 1.807) is 11.6 Å². The first-order chi connectivity index (χ1) is 14.1. The quantitative estimate of drug-likeness (QED) is 0.486. The number of rotatable bonds is 6. The Balaban J connectivity index is 1.42. The highest BCUT2D eigenvalue weighted by molar-refractivity contribution is 7.99. The smallest absolute Gasteiger partial charge is 0.296 e. The molecule has 29 heavy (non-hydrogen) atoms. The molecule has 8 nitrogen and oxygen atoms in total. The number of hydrogen-bond donors (Lipinski definition) is 1. The van der Waals surface area contributed by atoms with Gasteiger partial charge in [0, 0.05) is 18.3 Å². The van der Waals surface area contributed by atoms with E-state index in [1.807, 2.05) is 30.3 Å². The summed E-state index contributed by atoms with van der Waals surface area (Å²) in [5.41, 5.74) is 1.35. The van der Waals surface area contributed by atoms with Gasteiger partial charge in [-0.25, -0.2) is 4.39 Å². The molecule has 0 atom stereocenters. The predicted molar refractivity (Wildman–Crippen MR) is 105 cm³/mol. The average molecular weight is 410 g/mol. The lowest BCUT2D eigenvalue weighted by Gasteiger charge is -2.05. The fourth-order valence-corrected chi connectivity index (χ4v) is 3.22. The molecule has 4 aromatic rings. The number of aromatic nitrogens is 5. The molecule has 0 aliphatic rings. The Bertz CT molecular complexity index is 1130. The molecule has 1 N–H and O–H groups in total. The summed E-state index contributed by atoms with van der Waals surface area (Å²) < 4.78 is 19.9. The fraction of sp³-hybridized carbons (Fsp3) is 0.105. The van der Waals surface area contributed by atoms with Gasteiger partial charge in [-0.15, -0.1) is 10.2 Å². The number of halogens is 1. The van der Waals surface area contributed by atoms with Crippen LogP contribution in [0.5, 0.6) is 0 Å². The lowest BCUT2D eigenvalue weighted by Crippen LogP contribution is -2.14. The molecule has 2 aromatic heterocycles. The van der Waals surface area contributed by atoms with Crippen LogP contribution in [0.25, 0.3) is 23.1 Å². The first-order valence-corrected chi connectivity index (χ1v) is 9.56. The van der Waals surface area contributed by atoms with Crippen LogP contribution in [0, 0.1) is 5.82 Å². The van der Waals surface area contributed by atoms with E-state index in [-0.39, 0.29) is 23.4 Å². The van der Waals surface area contributed by atoms with E-state index in [1.165, 1.54) is 36.0 Å². The third-order valence-corrected chi connectivity index (χ3v) is 4.96. The number of anilines is 1. The molecule has 0 aliphatic heterocycles. The second-order valence-corrected chi connectivity index (χ2v) is 6.94. The summed E-state index contributed by atoms with van der Waals surface area (Å²) in [6.45, 7) is 0. The normalized spacial score (nSPS) is 10.8. The molecule has 0 fully saturated rings. The van der Waals surface area contributed by atoms with Crippen molar-refractivity contribution in [3.05, 3.63) is 60.4 Å². The Morgan fingerprint density at radius 1 is 1.14 bits per heavy atom. The molecular weight excluding hydrogens is 395 g/mol. The van der Waals surface area contributed by atoms with Crippen LogP contribution in [0.2, 0.25) is 0 Å². The van der Waals surface area contributed by atoms with Gasteiger partial charge in [0.05, 0.1) is 5.75 Å². The van der Waals surface area contributed by atoms with Crippen molar-refractivity contribution in [2.75, 3.05) is 11.1 Å². The fourth-order valence-electron chi connectivity index (χ4n) is 2.51. The minimum Gasteiger partial charge on any atom is -0.330 e. The summed E-state index contributed by atoms with van der Waals surface area (Å²) in [7, 11) is 1.75. The van der Waals surface area contributed by atoms with Crippen LogP contribution < -0.4 is 5.32 Å². The van der Waals surface area contributed by atoms with E-state index in [0.717, 1.165) is 5.56 Å². The van der Waals surface area contributed by atoms with Gasteiger partial charge in [-0.05, 0) is 24.3 Å². The molecule has 1 amide bonds. The lowest BCUT2D eigenvalue weighted by molar-refractivity contribution is -0.113. The van der Waals surface area contributed by atoms with Crippen molar-refractivity contribution in [3.8, 4) is 23.1 Å².